The third-order valence-electron chi connectivity index (χ3n) is 3.74. The lowest BCUT2D eigenvalue weighted by molar-refractivity contribution is 0.0904. The van der Waals surface area contributed by atoms with Crippen molar-refractivity contribution in [1.29, 1.82) is 0 Å². The fraction of sp³-hybridized carbons (Fsp3) is 0.933. The van der Waals surface area contributed by atoms with Gasteiger partial charge in [-0.2, -0.15) is 16.1 Å². The lowest BCUT2D eigenvalue weighted by atomic mass is 10.4. The quantitative estimate of drug-likeness (QED) is 0.219. The van der Waals surface area contributed by atoms with E-state index < -0.39 is 10.0 Å². The number of guanidine groups is 1. The number of piperazine rings is 1. The van der Waals surface area contributed by atoms with Crippen molar-refractivity contribution in [2.45, 2.75) is 26.4 Å². The van der Waals surface area contributed by atoms with Gasteiger partial charge in [0.25, 0.3) is 0 Å². The maximum Gasteiger partial charge on any atom is 0.216 e. The molecule has 0 atom stereocenters. The first kappa shape index (κ1) is 25.2. The maximum atomic E-state index is 12.3. The van der Waals surface area contributed by atoms with Gasteiger partial charge in [-0.15, -0.1) is 24.0 Å². The van der Waals surface area contributed by atoms with Crippen LogP contribution >= 0.6 is 35.7 Å². The van der Waals surface area contributed by atoms with E-state index in [1.165, 1.54) is 0 Å². The third kappa shape index (κ3) is 9.64. The maximum absolute atomic E-state index is 12.3. The van der Waals surface area contributed by atoms with Gasteiger partial charge in [0.15, 0.2) is 5.96 Å². The van der Waals surface area contributed by atoms with E-state index in [9.17, 15) is 8.42 Å². The number of aliphatic imine (C=N–C) groups is 1. The first-order valence-electron chi connectivity index (χ1n) is 8.44. The minimum atomic E-state index is -3.24. The fourth-order valence-electron chi connectivity index (χ4n) is 2.45. The largest absolute Gasteiger partial charge is 0.378 e. The SMILES string of the molecule is CN=C(NCCCSC)N1CCN(S(=O)(=O)CCOC(C)C)CC1.I. The average molecular weight is 508 g/mol. The van der Waals surface area contributed by atoms with Gasteiger partial charge in [0.2, 0.25) is 10.0 Å². The van der Waals surface area contributed by atoms with Gasteiger partial charge in [-0.25, -0.2) is 8.42 Å². The average Bonchev–Trinajstić information content (AvgIpc) is 2.55. The first-order valence-corrected chi connectivity index (χ1v) is 11.4. The molecule has 1 fully saturated rings. The summed E-state index contributed by atoms with van der Waals surface area (Å²) in [6.45, 7) is 7.26. The summed E-state index contributed by atoms with van der Waals surface area (Å²) in [5.74, 6) is 2.03. The summed E-state index contributed by atoms with van der Waals surface area (Å²) in [7, 11) is -1.47. The number of nitrogens with zero attached hydrogens (tertiary/aromatic N) is 3. The summed E-state index contributed by atoms with van der Waals surface area (Å²) in [5, 5.41) is 3.35. The lowest BCUT2D eigenvalue weighted by Crippen LogP contribution is -2.54. The summed E-state index contributed by atoms with van der Waals surface area (Å²) in [6.07, 6.45) is 3.24. The van der Waals surface area contributed by atoms with E-state index >= 15 is 0 Å². The Morgan fingerprint density at radius 1 is 1.28 bits per heavy atom. The van der Waals surface area contributed by atoms with Crippen molar-refractivity contribution < 1.29 is 13.2 Å². The van der Waals surface area contributed by atoms with Crippen molar-refractivity contribution in [3.63, 3.8) is 0 Å². The first-order chi connectivity index (χ1) is 11.4. The molecule has 0 spiro atoms. The number of rotatable bonds is 9. The molecule has 7 nitrogen and oxygen atoms in total. The summed E-state index contributed by atoms with van der Waals surface area (Å²) >= 11 is 1.83. The minimum Gasteiger partial charge on any atom is -0.378 e. The Morgan fingerprint density at radius 2 is 1.92 bits per heavy atom. The van der Waals surface area contributed by atoms with Gasteiger partial charge in [0.1, 0.15) is 0 Å². The van der Waals surface area contributed by atoms with Crippen LogP contribution in [0.1, 0.15) is 20.3 Å². The number of nitrogens with one attached hydrogen (secondary N) is 1. The number of ether oxygens (including phenoxy) is 1. The third-order valence-corrected chi connectivity index (χ3v) is 6.28. The topological polar surface area (TPSA) is 74.2 Å². The van der Waals surface area contributed by atoms with E-state index in [-0.39, 0.29) is 42.4 Å². The van der Waals surface area contributed by atoms with Crippen LogP contribution in [0.2, 0.25) is 0 Å². The summed E-state index contributed by atoms with van der Waals surface area (Å²) in [6, 6.07) is 0. The Kier molecular flexibility index (Phi) is 13.5. The molecule has 1 heterocycles. The van der Waals surface area contributed by atoms with Crippen molar-refractivity contribution in [3.05, 3.63) is 0 Å². The molecule has 150 valence electrons. The van der Waals surface area contributed by atoms with Crippen LogP contribution in [-0.4, -0.2) is 93.8 Å². The standard InChI is InChI=1S/C15H32N4O3S2.HI/c1-14(2)22-11-13-24(20,21)19-9-7-18(8-10-19)15(16-3)17-6-5-12-23-4;/h14H,5-13H2,1-4H3,(H,16,17);1H. The molecule has 0 bridgehead atoms. The van der Waals surface area contributed by atoms with Crippen LogP contribution in [0.15, 0.2) is 4.99 Å². The highest BCUT2D eigenvalue weighted by Crippen LogP contribution is 2.09. The summed E-state index contributed by atoms with van der Waals surface area (Å²) in [5.41, 5.74) is 0. The second-order valence-electron chi connectivity index (χ2n) is 5.94. The molecule has 1 N–H and O–H groups in total. The minimum absolute atomic E-state index is 0. The van der Waals surface area contributed by atoms with Crippen molar-refractivity contribution in [3.8, 4) is 0 Å². The highest BCUT2D eigenvalue weighted by atomic mass is 127. The van der Waals surface area contributed by atoms with Crippen LogP contribution in [0.25, 0.3) is 0 Å². The summed E-state index contributed by atoms with van der Waals surface area (Å²) in [4.78, 5) is 6.42. The van der Waals surface area contributed by atoms with Crippen molar-refractivity contribution in [1.82, 2.24) is 14.5 Å². The molecule has 0 aromatic carbocycles. The highest BCUT2D eigenvalue weighted by Gasteiger charge is 2.27. The van der Waals surface area contributed by atoms with Crippen molar-refractivity contribution >= 4 is 51.7 Å². The van der Waals surface area contributed by atoms with E-state index in [1.54, 1.807) is 11.4 Å². The van der Waals surface area contributed by atoms with Crippen LogP contribution < -0.4 is 5.32 Å². The predicted octanol–water partition coefficient (Wildman–Crippen LogP) is 1.31. The van der Waals surface area contributed by atoms with E-state index in [0.29, 0.717) is 26.2 Å². The molecule has 1 aliphatic heterocycles. The van der Waals surface area contributed by atoms with E-state index in [2.05, 4.69) is 21.5 Å². The van der Waals surface area contributed by atoms with E-state index in [4.69, 9.17) is 4.74 Å². The van der Waals surface area contributed by atoms with Gasteiger partial charge >= 0.3 is 0 Å². The molecule has 0 aromatic rings. The number of halogens is 1. The van der Waals surface area contributed by atoms with E-state index in [0.717, 1.165) is 24.7 Å². The number of hydrogen-bond acceptors (Lipinski definition) is 5. The molecule has 0 unspecified atom stereocenters. The molecule has 1 aliphatic rings. The van der Waals surface area contributed by atoms with Crippen molar-refractivity contribution in [2.75, 3.05) is 64.1 Å². The summed E-state index contributed by atoms with van der Waals surface area (Å²) < 4.78 is 31.6. The number of thioether (sulfide) groups is 1. The molecule has 0 aromatic heterocycles. The van der Waals surface area contributed by atoms with Gasteiger partial charge in [-0.05, 0) is 32.3 Å². The molecule has 0 radical (unpaired) electrons. The number of hydrogen-bond donors (Lipinski definition) is 1. The van der Waals surface area contributed by atoms with Crippen LogP contribution in [0.4, 0.5) is 0 Å². The molecule has 10 heteroatoms. The molecular formula is C15H33IN4O3S2. The number of sulfonamides is 1. The Bertz CT molecular complexity index is 481. The van der Waals surface area contributed by atoms with Crippen LogP contribution in [-0.2, 0) is 14.8 Å². The zero-order valence-electron chi connectivity index (χ0n) is 15.7. The molecule has 1 saturated heterocycles. The second-order valence-corrected chi connectivity index (χ2v) is 9.02. The van der Waals surface area contributed by atoms with Gasteiger partial charge in [-0.1, -0.05) is 0 Å². The van der Waals surface area contributed by atoms with Crippen LogP contribution in [0, 0.1) is 0 Å². The monoisotopic (exact) mass is 508 g/mol. The van der Waals surface area contributed by atoms with Crippen molar-refractivity contribution in [2.24, 2.45) is 4.99 Å². The lowest BCUT2D eigenvalue weighted by Gasteiger charge is -2.35. The Hall–Kier alpha value is 0.220. The highest BCUT2D eigenvalue weighted by molar-refractivity contribution is 14.0. The normalized spacial score (nSPS) is 16.8. The molecule has 25 heavy (non-hydrogen) atoms. The van der Waals surface area contributed by atoms with Gasteiger partial charge in [0.05, 0.1) is 18.5 Å². The van der Waals surface area contributed by atoms with Crippen LogP contribution in [0.5, 0.6) is 0 Å². The second kappa shape index (κ2) is 13.4. The van der Waals surface area contributed by atoms with Gasteiger partial charge in [0, 0.05) is 39.8 Å². The predicted molar refractivity (Wildman–Crippen MR) is 118 cm³/mol. The molecule has 0 saturated carbocycles. The Morgan fingerprint density at radius 3 is 2.44 bits per heavy atom. The van der Waals surface area contributed by atoms with Gasteiger partial charge < -0.3 is 15.0 Å². The molecular weight excluding hydrogens is 475 g/mol. The fourth-order valence-corrected chi connectivity index (χ4v) is 4.16. The Balaban J connectivity index is 0.00000576. The van der Waals surface area contributed by atoms with Crippen LogP contribution in [0.3, 0.4) is 0 Å². The van der Waals surface area contributed by atoms with E-state index in [1.807, 2.05) is 25.6 Å². The zero-order chi connectivity index (χ0) is 18.0. The Labute approximate surface area is 174 Å². The van der Waals surface area contributed by atoms with Gasteiger partial charge in [-0.3, -0.25) is 4.99 Å². The molecule has 0 aliphatic carbocycles. The molecule has 1 rings (SSSR count). The smallest absolute Gasteiger partial charge is 0.216 e. The molecule has 0 amide bonds. The zero-order valence-corrected chi connectivity index (χ0v) is 19.7.